The first-order valence-corrected chi connectivity index (χ1v) is 12.0. The first-order chi connectivity index (χ1) is 15.5. The van der Waals surface area contributed by atoms with Crippen LogP contribution < -0.4 is 15.4 Å². The van der Waals surface area contributed by atoms with Gasteiger partial charge < -0.3 is 15.4 Å². The minimum Gasteiger partial charge on any atom is -0.497 e. The summed E-state index contributed by atoms with van der Waals surface area (Å²) in [5.74, 6) is 0.973. The fourth-order valence-electron chi connectivity index (χ4n) is 4.05. The van der Waals surface area contributed by atoms with Gasteiger partial charge in [0.1, 0.15) is 5.75 Å². The number of hydrogen-bond donors (Lipinski definition) is 2. The molecule has 2 amide bonds. The summed E-state index contributed by atoms with van der Waals surface area (Å²) in [5, 5.41) is 6.73. The van der Waals surface area contributed by atoms with Crippen LogP contribution in [0, 0.1) is 0 Å². The number of methoxy groups -OCH3 is 1. The number of piperidine rings is 1. The van der Waals surface area contributed by atoms with Gasteiger partial charge in [0.25, 0.3) is 0 Å². The van der Waals surface area contributed by atoms with Gasteiger partial charge in [0, 0.05) is 47.2 Å². The minimum absolute atomic E-state index is 0.0128. The highest BCUT2D eigenvalue weighted by atomic mass is 35.5. The van der Waals surface area contributed by atoms with Crippen LogP contribution >= 0.6 is 34.5 Å². The van der Waals surface area contributed by atoms with Crippen LogP contribution in [0.25, 0.3) is 0 Å². The fourth-order valence-corrected chi connectivity index (χ4v) is 5.31. The van der Waals surface area contributed by atoms with Crippen molar-refractivity contribution in [3.63, 3.8) is 0 Å². The van der Waals surface area contributed by atoms with Crippen molar-refractivity contribution in [3.05, 3.63) is 80.5 Å². The van der Waals surface area contributed by atoms with Crippen molar-refractivity contribution in [1.29, 1.82) is 0 Å². The van der Waals surface area contributed by atoms with Crippen molar-refractivity contribution in [2.24, 2.45) is 0 Å². The number of nitrogens with one attached hydrogen (secondary N) is 2. The third-order valence-corrected chi connectivity index (χ3v) is 7.14. The van der Waals surface area contributed by atoms with Crippen molar-refractivity contribution in [2.75, 3.05) is 25.5 Å². The van der Waals surface area contributed by atoms with E-state index in [9.17, 15) is 4.79 Å². The molecule has 0 radical (unpaired) electrons. The molecule has 2 N–H and O–H groups in total. The molecule has 1 saturated heterocycles. The van der Waals surface area contributed by atoms with Gasteiger partial charge in [-0.1, -0.05) is 35.3 Å². The van der Waals surface area contributed by atoms with Gasteiger partial charge in [-0.15, -0.1) is 11.3 Å². The lowest BCUT2D eigenvalue weighted by Crippen LogP contribution is -2.50. The molecule has 1 fully saturated rings. The van der Waals surface area contributed by atoms with Crippen LogP contribution in [0.5, 0.6) is 5.75 Å². The fraction of sp³-hybridized carbons (Fsp3) is 0.292. The number of rotatable bonds is 6. The summed E-state index contributed by atoms with van der Waals surface area (Å²) in [6.45, 7) is 2.59. The highest BCUT2D eigenvalue weighted by Gasteiger charge is 2.32. The molecule has 4 rings (SSSR count). The van der Waals surface area contributed by atoms with E-state index < -0.39 is 0 Å². The van der Waals surface area contributed by atoms with E-state index in [-0.39, 0.29) is 18.0 Å². The second-order valence-corrected chi connectivity index (χ2v) is 10.1. The van der Waals surface area contributed by atoms with Gasteiger partial charge in [0.15, 0.2) is 0 Å². The van der Waals surface area contributed by atoms with E-state index in [0.29, 0.717) is 10.7 Å². The summed E-state index contributed by atoms with van der Waals surface area (Å²) < 4.78 is 6.12. The summed E-state index contributed by atoms with van der Waals surface area (Å²) in [6, 6.07) is 19.0. The van der Waals surface area contributed by atoms with E-state index in [1.54, 1.807) is 42.7 Å². The molecule has 2 heterocycles. The van der Waals surface area contributed by atoms with Gasteiger partial charge in [-0.3, -0.25) is 4.90 Å². The lowest BCUT2D eigenvalue weighted by Gasteiger charge is -2.39. The number of hydrogen-bond acceptors (Lipinski definition) is 4. The van der Waals surface area contributed by atoms with Crippen LogP contribution in [-0.2, 0) is 6.54 Å². The Morgan fingerprint density at radius 2 is 1.84 bits per heavy atom. The molecular weight excluding hydrogens is 465 g/mol. The molecule has 8 heteroatoms. The van der Waals surface area contributed by atoms with Gasteiger partial charge >= 0.3 is 6.03 Å². The molecule has 5 nitrogen and oxygen atoms in total. The molecule has 168 valence electrons. The monoisotopic (exact) mass is 489 g/mol. The second kappa shape index (κ2) is 10.6. The molecule has 1 aliphatic rings. The Bertz CT molecular complexity index is 1040. The Labute approximate surface area is 202 Å². The number of nitrogens with zero attached hydrogens (tertiary/aromatic N) is 1. The van der Waals surface area contributed by atoms with Crippen LogP contribution in [0.1, 0.15) is 22.8 Å². The predicted molar refractivity (Wildman–Crippen MR) is 132 cm³/mol. The number of carbonyl (C=O) groups excluding carboxylic acids is 1. The zero-order valence-electron chi connectivity index (χ0n) is 17.7. The standard InChI is InChI=1S/C24H25Cl2N3O2S/c1-31-19-8-2-16(3-9-19)21-15-29(14-20-10-11-23(26)32-20)13-12-22(21)28-24(30)27-18-6-4-17(25)5-7-18/h2-11,21-22H,12-15H2,1H3,(H2,27,28,30). The molecule has 0 bridgehead atoms. The highest BCUT2D eigenvalue weighted by Crippen LogP contribution is 2.31. The average molecular weight is 490 g/mol. The zero-order valence-corrected chi connectivity index (χ0v) is 20.0. The van der Waals surface area contributed by atoms with Crippen LogP contribution in [0.2, 0.25) is 9.36 Å². The first-order valence-electron chi connectivity index (χ1n) is 10.4. The Morgan fingerprint density at radius 1 is 1.09 bits per heavy atom. The molecule has 1 aliphatic heterocycles. The van der Waals surface area contributed by atoms with E-state index in [1.165, 1.54) is 10.4 Å². The number of anilines is 1. The van der Waals surface area contributed by atoms with Crippen molar-refractivity contribution < 1.29 is 9.53 Å². The number of halogens is 2. The van der Waals surface area contributed by atoms with Crippen LogP contribution in [0.4, 0.5) is 10.5 Å². The SMILES string of the molecule is COc1ccc(C2CN(Cc3ccc(Cl)s3)CCC2NC(=O)Nc2ccc(Cl)cc2)cc1. The average Bonchev–Trinajstić information content (AvgIpc) is 3.21. The van der Waals surface area contributed by atoms with E-state index in [1.807, 2.05) is 18.2 Å². The largest absolute Gasteiger partial charge is 0.497 e. The zero-order chi connectivity index (χ0) is 22.5. The maximum Gasteiger partial charge on any atom is 0.319 e. The normalized spacial score (nSPS) is 18.8. The second-order valence-electron chi connectivity index (χ2n) is 7.82. The number of thiophene rings is 1. The molecule has 0 saturated carbocycles. The van der Waals surface area contributed by atoms with Gasteiger partial charge in [-0.05, 0) is 60.5 Å². The highest BCUT2D eigenvalue weighted by molar-refractivity contribution is 7.16. The quantitative estimate of drug-likeness (QED) is 0.430. The molecule has 2 atom stereocenters. The summed E-state index contributed by atoms with van der Waals surface area (Å²) in [6.07, 6.45) is 0.851. The van der Waals surface area contributed by atoms with E-state index in [2.05, 4.69) is 33.7 Å². The molecule has 3 aromatic rings. The van der Waals surface area contributed by atoms with Crippen molar-refractivity contribution >= 4 is 46.3 Å². The van der Waals surface area contributed by atoms with E-state index in [4.69, 9.17) is 27.9 Å². The topological polar surface area (TPSA) is 53.6 Å². The summed E-state index contributed by atoms with van der Waals surface area (Å²) in [5.41, 5.74) is 1.89. The molecule has 0 spiro atoms. The molecule has 1 aromatic heterocycles. The number of carbonyl (C=O) groups is 1. The van der Waals surface area contributed by atoms with E-state index >= 15 is 0 Å². The molecule has 2 aromatic carbocycles. The lowest BCUT2D eigenvalue weighted by molar-refractivity contribution is 0.169. The predicted octanol–water partition coefficient (Wildman–Crippen LogP) is 6.24. The molecule has 0 aliphatic carbocycles. The third-order valence-electron chi connectivity index (χ3n) is 5.67. The molecule has 2 unspecified atom stereocenters. The van der Waals surface area contributed by atoms with Crippen molar-refractivity contribution in [2.45, 2.75) is 24.9 Å². The first kappa shape index (κ1) is 22.9. The van der Waals surface area contributed by atoms with Crippen molar-refractivity contribution in [3.8, 4) is 5.75 Å². The van der Waals surface area contributed by atoms with Crippen LogP contribution in [0.3, 0.4) is 0 Å². The van der Waals surface area contributed by atoms with Crippen molar-refractivity contribution in [1.82, 2.24) is 10.2 Å². The number of ether oxygens (including phenoxy) is 1. The lowest BCUT2D eigenvalue weighted by atomic mass is 9.86. The van der Waals surface area contributed by atoms with E-state index in [0.717, 1.165) is 36.1 Å². The van der Waals surface area contributed by atoms with Gasteiger partial charge in [-0.25, -0.2) is 4.79 Å². The van der Waals surface area contributed by atoms with Crippen LogP contribution in [0.15, 0.2) is 60.7 Å². The number of benzene rings is 2. The Kier molecular flexibility index (Phi) is 7.58. The molecule has 32 heavy (non-hydrogen) atoms. The summed E-state index contributed by atoms with van der Waals surface area (Å²) >= 11 is 13.7. The summed E-state index contributed by atoms with van der Waals surface area (Å²) in [7, 11) is 1.66. The maximum absolute atomic E-state index is 12.7. The minimum atomic E-state index is -0.214. The van der Waals surface area contributed by atoms with Gasteiger partial charge in [0.2, 0.25) is 0 Å². The third kappa shape index (κ3) is 5.95. The number of amides is 2. The number of urea groups is 1. The Hall–Kier alpha value is -2.25. The Morgan fingerprint density at radius 3 is 2.50 bits per heavy atom. The van der Waals surface area contributed by atoms with Crippen LogP contribution in [-0.4, -0.2) is 37.2 Å². The smallest absolute Gasteiger partial charge is 0.319 e. The maximum atomic E-state index is 12.7. The Balaban J connectivity index is 1.47. The number of likely N-dealkylation sites (tertiary alicyclic amines) is 1. The van der Waals surface area contributed by atoms with Gasteiger partial charge in [-0.2, -0.15) is 0 Å². The molecular formula is C24H25Cl2N3O2S. The van der Waals surface area contributed by atoms with Gasteiger partial charge in [0.05, 0.1) is 11.4 Å². The summed E-state index contributed by atoms with van der Waals surface area (Å²) in [4.78, 5) is 16.4.